The van der Waals surface area contributed by atoms with Crippen molar-refractivity contribution in [1.29, 1.82) is 0 Å². The fourth-order valence-corrected chi connectivity index (χ4v) is 3.30. The van der Waals surface area contributed by atoms with Gasteiger partial charge in [0.25, 0.3) is 0 Å². The largest absolute Gasteiger partial charge is 0.573 e. The van der Waals surface area contributed by atoms with Gasteiger partial charge in [-0.1, -0.05) is 13.8 Å². The highest BCUT2D eigenvalue weighted by molar-refractivity contribution is 5.77. The Morgan fingerprint density at radius 2 is 1.96 bits per heavy atom. The molecule has 10 heteroatoms. The lowest BCUT2D eigenvalue weighted by Gasteiger charge is -2.32. The molecular weight excluding hydrogens is 379 g/mol. The topological polar surface area (TPSA) is 76.6 Å². The van der Waals surface area contributed by atoms with Crippen LogP contribution in [0.25, 0.3) is 11.0 Å². The van der Waals surface area contributed by atoms with E-state index in [1.165, 1.54) is 16.7 Å². The molecule has 0 spiro atoms. The third-order valence-electron chi connectivity index (χ3n) is 4.55. The third-order valence-corrected chi connectivity index (χ3v) is 4.55. The number of ether oxygens (including phenoxy) is 2. The van der Waals surface area contributed by atoms with Crippen molar-refractivity contribution >= 4 is 17.1 Å². The van der Waals surface area contributed by atoms with Crippen molar-refractivity contribution in [2.75, 3.05) is 19.7 Å². The number of fused-ring (bicyclic) bond motifs is 1. The predicted octanol–water partition coefficient (Wildman–Crippen LogP) is 3.66. The smallest absolute Gasteiger partial charge is 0.449 e. The summed E-state index contributed by atoms with van der Waals surface area (Å²) >= 11 is 0. The van der Waals surface area contributed by atoms with Crippen molar-refractivity contribution in [3.63, 3.8) is 0 Å². The monoisotopic (exact) mass is 401 g/mol. The highest BCUT2D eigenvalue weighted by Crippen LogP contribution is 2.29. The van der Waals surface area contributed by atoms with Crippen molar-refractivity contribution in [3.05, 3.63) is 28.7 Å². The molecule has 3 rings (SSSR count). The number of imidazole rings is 1. The maximum absolute atomic E-state index is 12.5. The molecule has 0 radical (unpaired) electrons. The van der Waals surface area contributed by atoms with Gasteiger partial charge in [-0.15, -0.1) is 13.2 Å². The number of halogens is 3. The fourth-order valence-electron chi connectivity index (χ4n) is 3.30. The minimum absolute atomic E-state index is 0.236. The number of H-pyrrole nitrogens is 1. The van der Waals surface area contributed by atoms with Crippen LogP contribution in [-0.2, 0) is 4.74 Å². The Bertz CT molecular complexity index is 896. The van der Waals surface area contributed by atoms with E-state index in [0.29, 0.717) is 43.6 Å². The zero-order chi connectivity index (χ0) is 20.5. The molecule has 28 heavy (non-hydrogen) atoms. The number of amides is 1. The second-order valence-corrected chi connectivity index (χ2v) is 7.22. The van der Waals surface area contributed by atoms with Gasteiger partial charge in [-0.2, -0.15) is 0 Å². The summed E-state index contributed by atoms with van der Waals surface area (Å²) in [5, 5.41) is 0. The van der Waals surface area contributed by atoms with Gasteiger partial charge in [-0.25, -0.2) is 9.59 Å². The maximum atomic E-state index is 12.5. The number of nitrogens with one attached hydrogen (secondary N) is 1. The molecule has 0 saturated carbocycles. The van der Waals surface area contributed by atoms with E-state index in [1.807, 2.05) is 13.8 Å². The Morgan fingerprint density at radius 3 is 2.57 bits per heavy atom. The van der Waals surface area contributed by atoms with Gasteiger partial charge >= 0.3 is 18.1 Å². The van der Waals surface area contributed by atoms with Gasteiger partial charge in [-0.3, -0.25) is 4.57 Å². The van der Waals surface area contributed by atoms with Gasteiger partial charge in [0.05, 0.1) is 17.6 Å². The lowest BCUT2D eigenvalue weighted by Crippen LogP contribution is -2.41. The van der Waals surface area contributed by atoms with Crippen LogP contribution >= 0.6 is 0 Å². The highest BCUT2D eigenvalue weighted by Gasteiger charge is 2.32. The van der Waals surface area contributed by atoms with Gasteiger partial charge in [0.2, 0.25) is 0 Å². The molecule has 154 valence electrons. The van der Waals surface area contributed by atoms with Crippen LogP contribution in [-0.4, -0.2) is 46.6 Å². The number of benzene rings is 1. The van der Waals surface area contributed by atoms with Crippen LogP contribution < -0.4 is 10.4 Å². The van der Waals surface area contributed by atoms with Crippen molar-refractivity contribution in [2.45, 2.75) is 39.1 Å². The van der Waals surface area contributed by atoms with Crippen molar-refractivity contribution in [3.8, 4) is 5.75 Å². The molecular formula is C18H22F3N3O4. The molecule has 1 saturated heterocycles. The molecule has 1 aromatic heterocycles. The number of carbonyl (C=O) groups excluding carboxylic acids is 1. The van der Waals surface area contributed by atoms with Crippen LogP contribution in [0.5, 0.6) is 5.75 Å². The van der Waals surface area contributed by atoms with Crippen LogP contribution in [0, 0.1) is 5.92 Å². The van der Waals surface area contributed by atoms with Gasteiger partial charge in [-0.05, 0) is 30.9 Å². The second kappa shape index (κ2) is 7.76. The standard InChI is InChI=1S/C18H22F3N3O4/c1-11(2)10-27-17(26)23-7-5-12(6-8-23)24-15-9-13(28-18(19,20)21)3-4-14(15)22-16(24)25/h3-4,9,11-12H,5-8,10H2,1-2H3,(H,22,25). The normalized spacial score (nSPS) is 16.0. The van der Waals surface area contributed by atoms with E-state index in [-0.39, 0.29) is 23.8 Å². The summed E-state index contributed by atoms with van der Waals surface area (Å²) in [5.74, 6) is -0.151. The van der Waals surface area contributed by atoms with Crippen LogP contribution in [0.1, 0.15) is 32.7 Å². The van der Waals surface area contributed by atoms with Gasteiger partial charge in [0, 0.05) is 25.2 Å². The number of alkyl halides is 3. The van der Waals surface area contributed by atoms with Crippen LogP contribution in [0.15, 0.2) is 23.0 Å². The van der Waals surface area contributed by atoms with E-state index in [4.69, 9.17) is 4.74 Å². The summed E-state index contributed by atoms with van der Waals surface area (Å²) in [6.07, 6.45) is -4.21. The molecule has 0 aliphatic carbocycles. The van der Waals surface area contributed by atoms with E-state index in [2.05, 4.69) is 9.72 Å². The maximum Gasteiger partial charge on any atom is 0.573 e. The molecule has 7 nitrogen and oxygen atoms in total. The first kappa shape index (κ1) is 20.1. The van der Waals surface area contributed by atoms with E-state index in [1.54, 1.807) is 4.90 Å². The minimum Gasteiger partial charge on any atom is -0.449 e. The van der Waals surface area contributed by atoms with E-state index in [9.17, 15) is 22.8 Å². The lowest BCUT2D eigenvalue weighted by molar-refractivity contribution is -0.274. The number of carbonyl (C=O) groups is 1. The van der Waals surface area contributed by atoms with Crippen LogP contribution in [0.3, 0.4) is 0 Å². The quantitative estimate of drug-likeness (QED) is 0.848. The molecule has 1 aliphatic rings. The fraction of sp³-hybridized carbons (Fsp3) is 0.556. The molecule has 1 N–H and O–H groups in total. The molecule has 2 heterocycles. The summed E-state index contributed by atoms with van der Waals surface area (Å²) in [6, 6.07) is 3.50. The summed E-state index contributed by atoms with van der Waals surface area (Å²) in [7, 11) is 0. The van der Waals surface area contributed by atoms with E-state index >= 15 is 0 Å². The van der Waals surface area contributed by atoms with Gasteiger partial charge < -0.3 is 19.4 Å². The Hall–Kier alpha value is -2.65. The lowest BCUT2D eigenvalue weighted by atomic mass is 10.0. The van der Waals surface area contributed by atoms with Crippen molar-refractivity contribution in [2.24, 2.45) is 5.92 Å². The second-order valence-electron chi connectivity index (χ2n) is 7.22. The predicted molar refractivity (Wildman–Crippen MR) is 95.3 cm³/mol. The Balaban J connectivity index is 1.75. The molecule has 2 aromatic rings. The number of likely N-dealkylation sites (tertiary alicyclic amines) is 1. The molecule has 1 fully saturated rings. The first-order valence-electron chi connectivity index (χ1n) is 9.06. The van der Waals surface area contributed by atoms with Crippen LogP contribution in [0.4, 0.5) is 18.0 Å². The zero-order valence-corrected chi connectivity index (χ0v) is 15.6. The number of hydrogen-bond donors (Lipinski definition) is 1. The zero-order valence-electron chi connectivity index (χ0n) is 15.6. The van der Waals surface area contributed by atoms with Crippen molar-refractivity contribution < 1.29 is 27.4 Å². The van der Waals surface area contributed by atoms with Gasteiger partial charge in [0.1, 0.15) is 5.75 Å². The first-order valence-corrected chi connectivity index (χ1v) is 9.06. The van der Waals surface area contributed by atoms with E-state index in [0.717, 1.165) is 6.07 Å². The number of hydrogen-bond acceptors (Lipinski definition) is 4. The summed E-state index contributed by atoms with van der Waals surface area (Å²) in [4.78, 5) is 28.7. The molecule has 0 atom stereocenters. The molecule has 1 aliphatic heterocycles. The Morgan fingerprint density at radius 1 is 1.29 bits per heavy atom. The molecule has 0 bridgehead atoms. The first-order chi connectivity index (χ1) is 13.1. The minimum atomic E-state index is -4.81. The SMILES string of the molecule is CC(C)COC(=O)N1CCC(n2c(=O)[nH]c3ccc(OC(F)(F)F)cc32)CC1. The molecule has 1 amide bonds. The number of piperidine rings is 1. The highest BCUT2D eigenvalue weighted by atomic mass is 19.4. The Labute approximate surface area is 159 Å². The molecule has 1 aromatic carbocycles. The van der Waals surface area contributed by atoms with Gasteiger partial charge in [0.15, 0.2) is 0 Å². The third kappa shape index (κ3) is 4.60. The average Bonchev–Trinajstić information content (AvgIpc) is 2.93. The van der Waals surface area contributed by atoms with Crippen LogP contribution in [0.2, 0.25) is 0 Å². The number of aromatic nitrogens is 2. The number of aromatic amines is 1. The Kier molecular flexibility index (Phi) is 5.57. The number of rotatable bonds is 4. The summed E-state index contributed by atoms with van der Waals surface area (Å²) in [6.45, 7) is 5.03. The summed E-state index contributed by atoms with van der Waals surface area (Å²) < 4.78 is 48.1. The number of nitrogens with zero attached hydrogens (tertiary/aromatic N) is 2. The molecule has 0 unspecified atom stereocenters. The van der Waals surface area contributed by atoms with E-state index < -0.39 is 12.1 Å². The average molecular weight is 401 g/mol. The van der Waals surface area contributed by atoms with Crippen molar-refractivity contribution in [1.82, 2.24) is 14.5 Å². The summed E-state index contributed by atoms with van der Waals surface area (Å²) in [5.41, 5.74) is 0.367.